The van der Waals surface area contributed by atoms with Gasteiger partial charge in [-0.15, -0.1) is 15.3 Å². The number of amides is 1. The van der Waals surface area contributed by atoms with Gasteiger partial charge in [-0.1, -0.05) is 0 Å². The summed E-state index contributed by atoms with van der Waals surface area (Å²) < 4.78 is 12.4. The Balaban J connectivity index is 1.46. The molecule has 0 unspecified atom stereocenters. The van der Waals surface area contributed by atoms with Crippen LogP contribution in [0.4, 0.5) is 5.82 Å². The van der Waals surface area contributed by atoms with Crippen LogP contribution in [-0.2, 0) is 20.7 Å². The lowest BCUT2D eigenvalue weighted by molar-refractivity contribution is -0.135. The molecule has 2 aromatic heterocycles. The van der Waals surface area contributed by atoms with Crippen molar-refractivity contribution in [2.24, 2.45) is 0 Å². The Morgan fingerprint density at radius 1 is 1.00 bits per heavy atom. The number of hydrogen-bond acceptors (Lipinski definition) is 7. The first-order valence-corrected chi connectivity index (χ1v) is 8.71. The Labute approximate surface area is 145 Å². The number of morpholine rings is 2. The second-order valence-electron chi connectivity index (χ2n) is 6.17. The number of carbonyl (C=O) groups excluding carboxylic acids is 1. The molecule has 0 saturated carbocycles. The third-order valence-corrected chi connectivity index (χ3v) is 4.57. The van der Waals surface area contributed by atoms with Gasteiger partial charge in [-0.25, -0.2) is 0 Å². The van der Waals surface area contributed by atoms with Crippen molar-refractivity contribution in [2.75, 3.05) is 57.5 Å². The highest BCUT2D eigenvalue weighted by Crippen LogP contribution is 2.14. The predicted octanol–water partition coefficient (Wildman–Crippen LogP) is -0.248. The zero-order valence-corrected chi connectivity index (χ0v) is 14.1. The van der Waals surface area contributed by atoms with Crippen molar-refractivity contribution in [3.63, 3.8) is 0 Å². The minimum Gasteiger partial charge on any atom is -0.378 e. The van der Waals surface area contributed by atoms with E-state index in [0.29, 0.717) is 63.8 Å². The summed E-state index contributed by atoms with van der Waals surface area (Å²) in [5.74, 6) is 1.73. The molecule has 9 nitrogen and oxygen atoms in total. The van der Waals surface area contributed by atoms with E-state index in [4.69, 9.17) is 9.47 Å². The third kappa shape index (κ3) is 3.57. The summed E-state index contributed by atoms with van der Waals surface area (Å²) in [4.78, 5) is 16.3. The first-order chi connectivity index (χ1) is 12.3. The Kier molecular flexibility index (Phi) is 4.75. The highest BCUT2D eigenvalue weighted by Gasteiger charge is 2.19. The molecule has 9 heteroatoms. The first-order valence-electron chi connectivity index (χ1n) is 8.71. The van der Waals surface area contributed by atoms with E-state index in [9.17, 15) is 4.79 Å². The lowest BCUT2D eigenvalue weighted by Crippen LogP contribution is -2.40. The number of carbonyl (C=O) groups is 1. The summed E-state index contributed by atoms with van der Waals surface area (Å²) >= 11 is 0. The largest absolute Gasteiger partial charge is 0.378 e. The maximum atomic E-state index is 12.3. The molecule has 0 aromatic carbocycles. The molecule has 4 rings (SSSR count). The highest BCUT2D eigenvalue weighted by atomic mass is 16.5. The standard InChI is InChI=1S/C16H22N6O3/c23-16(21-7-11-25-12-8-21)4-3-14-18-17-13-1-2-15(19-22(13)14)20-5-9-24-10-6-20/h1-2H,3-12H2. The van der Waals surface area contributed by atoms with Crippen LogP contribution in [0.5, 0.6) is 0 Å². The molecule has 2 fully saturated rings. The van der Waals surface area contributed by atoms with Crippen molar-refractivity contribution in [1.29, 1.82) is 0 Å². The van der Waals surface area contributed by atoms with Crippen LogP contribution in [0, 0.1) is 0 Å². The van der Waals surface area contributed by atoms with Gasteiger partial charge in [0.05, 0.1) is 26.4 Å². The van der Waals surface area contributed by atoms with Crippen LogP contribution in [0.3, 0.4) is 0 Å². The maximum absolute atomic E-state index is 12.3. The molecule has 0 aliphatic carbocycles. The van der Waals surface area contributed by atoms with Crippen molar-refractivity contribution < 1.29 is 14.3 Å². The molecule has 2 aliphatic rings. The van der Waals surface area contributed by atoms with Crippen LogP contribution >= 0.6 is 0 Å². The van der Waals surface area contributed by atoms with E-state index >= 15 is 0 Å². The van der Waals surface area contributed by atoms with E-state index in [1.807, 2.05) is 17.0 Å². The highest BCUT2D eigenvalue weighted by molar-refractivity contribution is 5.76. The smallest absolute Gasteiger partial charge is 0.223 e. The average Bonchev–Trinajstić information content (AvgIpc) is 3.10. The van der Waals surface area contributed by atoms with E-state index in [1.165, 1.54) is 0 Å². The van der Waals surface area contributed by atoms with Crippen molar-refractivity contribution >= 4 is 17.4 Å². The van der Waals surface area contributed by atoms with Crippen LogP contribution in [-0.4, -0.2) is 83.2 Å². The van der Waals surface area contributed by atoms with E-state index in [0.717, 1.165) is 18.9 Å². The number of anilines is 1. The van der Waals surface area contributed by atoms with E-state index in [2.05, 4.69) is 20.2 Å². The van der Waals surface area contributed by atoms with Crippen LogP contribution in [0.2, 0.25) is 0 Å². The Morgan fingerprint density at radius 3 is 2.48 bits per heavy atom. The van der Waals surface area contributed by atoms with Gasteiger partial charge >= 0.3 is 0 Å². The summed E-state index contributed by atoms with van der Waals surface area (Å²) in [5, 5.41) is 13.0. The molecule has 134 valence electrons. The topological polar surface area (TPSA) is 85.1 Å². The molecule has 4 heterocycles. The quantitative estimate of drug-likeness (QED) is 0.755. The van der Waals surface area contributed by atoms with Crippen LogP contribution in [0.1, 0.15) is 12.2 Å². The van der Waals surface area contributed by atoms with Crippen molar-refractivity contribution in [1.82, 2.24) is 24.7 Å². The fourth-order valence-corrected chi connectivity index (χ4v) is 3.13. The minimum absolute atomic E-state index is 0.129. The first kappa shape index (κ1) is 16.2. The summed E-state index contributed by atoms with van der Waals surface area (Å²) in [6, 6.07) is 3.87. The van der Waals surface area contributed by atoms with Gasteiger partial charge in [0, 0.05) is 39.0 Å². The summed E-state index contributed by atoms with van der Waals surface area (Å²) in [5.41, 5.74) is 0.700. The number of nitrogens with zero attached hydrogens (tertiary/aromatic N) is 6. The fraction of sp³-hybridized carbons (Fsp3) is 0.625. The second kappa shape index (κ2) is 7.32. The molecule has 0 radical (unpaired) electrons. The van der Waals surface area contributed by atoms with Gasteiger partial charge in [0.1, 0.15) is 5.82 Å². The van der Waals surface area contributed by atoms with Gasteiger partial charge in [-0.05, 0) is 12.1 Å². The van der Waals surface area contributed by atoms with Gasteiger partial charge in [-0.2, -0.15) is 4.52 Å². The number of fused-ring (bicyclic) bond motifs is 1. The van der Waals surface area contributed by atoms with E-state index < -0.39 is 0 Å². The summed E-state index contributed by atoms with van der Waals surface area (Å²) in [6.45, 7) is 5.63. The van der Waals surface area contributed by atoms with Crippen molar-refractivity contribution in [3.8, 4) is 0 Å². The molecule has 25 heavy (non-hydrogen) atoms. The Morgan fingerprint density at radius 2 is 1.72 bits per heavy atom. The molecule has 0 N–H and O–H groups in total. The summed E-state index contributed by atoms with van der Waals surface area (Å²) in [7, 11) is 0. The molecule has 0 atom stereocenters. The van der Waals surface area contributed by atoms with Gasteiger partial charge in [0.15, 0.2) is 11.5 Å². The Bertz CT molecular complexity index is 737. The average molecular weight is 346 g/mol. The Hall–Kier alpha value is -2.26. The van der Waals surface area contributed by atoms with Crippen LogP contribution in [0.15, 0.2) is 12.1 Å². The lowest BCUT2D eigenvalue weighted by atomic mass is 10.2. The normalized spacial score (nSPS) is 18.7. The number of hydrogen-bond donors (Lipinski definition) is 0. The SMILES string of the molecule is O=C(CCc1nnc2ccc(N3CCOCC3)nn12)N1CCOCC1. The molecular formula is C16H22N6O3. The summed E-state index contributed by atoms with van der Waals surface area (Å²) in [6.07, 6.45) is 0.932. The van der Waals surface area contributed by atoms with Gasteiger partial charge in [0.25, 0.3) is 0 Å². The van der Waals surface area contributed by atoms with E-state index in [1.54, 1.807) is 4.52 Å². The van der Waals surface area contributed by atoms with Crippen LogP contribution < -0.4 is 4.90 Å². The van der Waals surface area contributed by atoms with Gasteiger partial charge < -0.3 is 19.3 Å². The van der Waals surface area contributed by atoms with Crippen LogP contribution in [0.25, 0.3) is 5.65 Å². The van der Waals surface area contributed by atoms with Gasteiger partial charge in [0.2, 0.25) is 5.91 Å². The predicted molar refractivity (Wildman–Crippen MR) is 89.5 cm³/mol. The number of aryl methyl sites for hydroxylation is 1. The maximum Gasteiger partial charge on any atom is 0.223 e. The third-order valence-electron chi connectivity index (χ3n) is 4.57. The van der Waals surface area contributed by atoms with Gasteiger partial charge in [-0.3, -0.25) is 4.79 Å². The molecule has 0 bridgehead atoms. The monoisotopic (exact) mass is 346 g/mol. The van der Waals surface area contributed by atoms with Crippen molar-refractivity contribution in [2.45, 2.75) is 12.8 Å². The molecule has 2 saturated heterocycles. The van der Waals surface area contributed by atoms with E-state index in [-0.39, 0.29) is 5.91 Å². The fourth-order valence-electron chi connectivity index (χ4n) is 3.13. The molecule has 2 aromatic rings. The zero-order valence-electron chi connectivity index (χ0n) is 14.1. The van der Waals surface area contributed by atoms with Crippen molar-refractivity contribution in [3.05, 3.63) is 18.0 Å². The molecule has 0 spiro atoms. The number of aromatic nitrogens is 4. The number of rotatable bonds is 4. The molecule has 1 amide bonds. The zero-order chi connectivity index (χ0) is 17.1. The molecular weight excluding hydrogens is 324 g/mol. The number of ether oxygens (including phenoxy) is 2. The lowest BCUT2D eigenvalue weighted by Gasteiger charge is -2.27. The molecule has 2 aliphatic heterocycles. The second-order valence-corrected chi connectivity index (χ2v) is 6.17. The minimum atomic E-state index is 0.129.